The molecule has 6 nitrogen and oxygen atoms in total. The molecule has 0 fully saturated rings. The van der Waals surface area contributed by atoms with Crippen LogP contribution < -0.4 is 4.74 Å². The molecule has 1 aliphatic heterocycles. The Balaban J connectivity index is 0.00000320. The van der Waals surface area contributed by atoms with Gasteiger partial charge in [-0.15, -0.1) is 0 Å². The lowest BCUT2D eigenvalue weighted by molar-refractivity contribution is -0.147. The number of esters is 1. The fraction of sp³-hybridized carbons (Fsp3) is 0.583. The minimum atomic E-state index is -1.00. The van der Waals surface area contributed by atoms with Gasteiger partial charge in [0.25, 0.3) is 0 Å². The first-order chi connectivity index (χ1) is 13.5. The summed E-state index contributed by atoms with van der Waals surface area (Å²) in [5.41, 5.74) is 1.30. The Morgan fingerprint density at radius 2 is 1.53 bits per heavy atom. The summed E-state index contributed by atoms with van der Waals surface area (Å²) in [6, 6.07) is 6.02. The molecule has 0 atom stereocenters. The van der Waals surface area contributed by atoms with Crippen LogP contribution >= 0.6 is 0 Å². The van der Waals surface area contributed by atoms with Crippen molar-refractivity contribution in [1.82, 2.24) is 0 Å². The molecule has 30 heavy (non-hydrogen) atoms. The number of carbonyl (C=O) groups is 2. The molecule has 2 aliphatic rings. The van der Waals surface area contributed by atoms with E-state index in [2.05, 4.69) is 34.6 Å². The lowest BCUT2D eigenvalue weighted by atomic mass is 9.76. The van der Waals surface area contributed by atoms with Crippen LogP contribution in [0.3, 0.4) is 0 Å². The van der Waals surface area contributed by atoms with Crippen LogP contribution in [-0.4, -0.2) is 33.7 Å². The summed E-state index contributed by atoms with van der Waals surface area (Å²) in [6.45, 7) is 10.5. The second-order valence-corrected chi connectivity index (χ2v) is 9.39. The zero-order valence-corrected chi connectivity index (χ0v) is 18.6. The van der Waals surface area contributed by atoms with Crippen molar-refractivity contribution in [1.29, 1.82) is 0 Å². The van der Waals surface area contributed by atoms with Gasteiger partial charge in [0.2, 0.25) is 0 Å². The highest BCUT2D eigenvalue weighted by Gasteiger charge is 2.56. The highest BCUT2D eigenvalue weighted by atomic mass is 16.5. The number of carboxylic acid groups (broad SMARTS) is 1. The maximum absolute atomic E-state index is 13.4. The quantitative estimate of drug-likeness (QED) is 0.299. The van der Waals surface area contributed by atoms with E-state index >= 15 is 0 Å². The van der Waals surface area contributed by atoms with Gasteiger partial charge in [0.1, 0.15) is 5.75 Å². The smallest absolute Gasteiger partial charge is 0.335 e. The number of carboxylic acids is 1. The molecule has 0 unspecified atom stereocenters. The van der Waals surface area contributed by atoms with Gasteiger partial charge >= 0.3 is 11.9 Å². The van der Waals surface area contributed by atoms with Crippen LogP contribution in [0.2, 0.25) is 0 Å². The van der Waals surface area contributed by atoms with Crippen LogP contribution in [0.5, 0.6) is 5.75 Å². The summed E-state index contributed by atoms with van der Waals surface area (Å²) < 4.78 is 12.0. The largest absolute Gasteiger partial charge is 0.478 e. The summed E-state index contributed by atoms with van der Waals surface area (Å²) in [7, 11) is 0. The van der Waals surface area contributed by atoms with E-state index in [1.807, 2.05) is 0 Å². The molecule has 1 aromatic rings. The maximum Gasteiger partial charge on any atom is 0.335 e. The summed E-state index contributed by atoms with van der Waals surface area (Å²) in [5, 5.41) is 9.06. The van der Waals surface area contributed by atoms with Crippen LogP contribution in [0.1, 0.15) is 83.5 Å². The average molecular weight is 419 g/mol. The van der Waals surface area contributed by atoms with Gasteiger partial charge in [-0.3, -0.25) is 4.79 Å². The fourth-order valence-electron chi connectivity index (χ4n) is 4.88. The molecule has 3 N–H and O–H groups in total. The van der Waals surface area contributed by atoms with Crippen LogP contribution in [-0.2, 0) is 9.53 Å². The molecule has 0 amide bonds. The van der Waals surface area contributed by atoms with Crippen molar-refractivity contribution in [2.75, 3.05) is 0 Å². The van der Waals surface area contributed by atoms with Gasteiger partial charge in [-0.05, 0) is 82.4 Å². The van der Waals surface area contributed by atoms with E-state index in [9.17, 15) is 9.59 Å². The minimum Gasteiger partial charge on any atom is -0.478 e. The molecule has 0 radical (unpaired) electrons. The van der Waals surface area contributed by atoms with E-state index in [1.54, 1.807) is 12.1 Å². The van der Waals surface area contributed by atoms with Gasteiger partial charge in [0.15, 0.2) is 0 Å². The Morgan fingerprint density at radius 1 is 1.00 bits per heavy atom. The summed E-state index contributed by atoms with van der Waals surface area (Å²) in [6.07, 6.45) is 5.26. The number of aromatic carboxylic acids is 1. The molecule has 1 aromatic carbocycles. The third-order valence-corrected chi connectivity index (χ3v) is 6.36. The normalized spacial score (nSPS) is 20.4. The number of carbonyl (C=O) groups excluding carboxylic acids is 1. The lowest BCUT2D eigenvalue weighted by Gasteiger charge is -2.35. The van der Waals surface area contributed by atoms with E-state index in [0.29, 0.717) is 18.6 Å². The second kappa shape index (κ2) is 8.52. The predicted molar refractivity (Wildman–Crippen MR) is 115 cm³/mol. The number of hydrogen-bond donors (Lipinski definition) is 1. The molecule has 3 rings (SSSR count). The number of rotatable bonds is 7. The van der Waals surface area contributed by atoms with Gasteiger partial charge in [-0.25, -0.2) is 4.79 Å². The lowest BCUT2D eigenvalue weighted by Crippen LogP contribution is -2.39. The standard InChI is InChI=1S/C24H32O5.H2O/c1-6-7-8-13-24(14-18-19(15-24)23(4,5)29-22(18,2)3)21(27)28-17-11-9-16(10-12-17)20(25)26;/h9-12H,6-8,13-15H2,1-5H3,(H,25,26);1H2. The number of unbranched alkanes of at least 4 members (excludes halogenated alkanes) is 2. The van der Waals surface area contributed by atoms with Crippen molar-refractivity contribution in [3.8, 4) is 5.75 Å². The fourth-order valence-corrected chi connectivity index (χ4v) is 4.88. The van der Waals surface area contributed by atoms with Crippen LogP contribution in [0.15, 0.2) is 35.4 Å². The molecular formula is C24H34O6. The number of ether oxygens (including phenoxy) is 2. The Hall–Kier alpha value is -2.18. The molecule has 166 valence electrons. The number of benzene rings is 1. The first kappa shape index (κ1) is 24.1. The van der Waals surface area contributed by atoms with Crippen molar-refractivity contribution in [2.24, 2.45) is 5.41 Å². The number of hydrogen-bond acceptors (Lipinski definition) is 4. The molecule has 0 aromatic heterocycles. The van der Waals surface area contributed by atoms with Crippen LogP contribution in [0.25, 0.3) is 0 Å². The van der Waals surface area contributed by atoms with Crippen molar-refractivity contribution < 1.29 is 29.6 Å². The molecule has 0 spiro atoms. The molecule has 0 saturated carbocycles. The SMILES string of the molecule is CCCCCC1(C(=O)Oc2ccc(C(=O)O)cc2)CC2=C(C1)C(C)(C)OC2(C)C.O. The van der Waals surface area contributed by atoms with Gasteiger partial charge in [0, 0.05) is 0 Å². The van der Waals surface area contributed by atoms with Gasteiger partial charge in [-0.1, -0.05) is 26.2 Å². The predicted octanol–water partition coefficient (Wildman–Crippen LogP) is 4.71. The van der Waals surface area contributed by atoms with E-state index in [4.69, 9.17) is 14.6 Å². The van der Waals surface area contributed by atoms with Crippen LogP contribution in [0, 0.1) is 5.41 Å². The first-order valence-electron chi connectivity index (χ1n) is 10.5. The Labute approximate surface area is 178 Å². The summed E-state index contributed by atoms with van der Waals surface area (Å²) in [4.78, 5) is 24.4. The van der Waals surface area contributed by atoms with Crippen molar-refractivity contribution in [3.05, 3.63) is 41.0 Å². The highest BCUT2D eigenvalue weighted by molar-refractivity contribution is 5.88. The van der Waals surface area contributed by atoms with Gasteiger partial charge in [0.05, 0.1) is 22.2 Å². The van der Waals surface area contributed by atoms with E-state index < -0.39 is 11.4 Å². The first-order valence-corrected chi connectivity index (χ1v) is 10.5. The van der Waals surface area contributed by atoms with Crippen molar-refractivity contribution in [3.63, 3.8) is 0 Å². The van der Waals surface area contributed by atoms with Gasteiger partial charge < -0.3 is 20.1 Å². The zero-order chi connectivity index (χ0) is 21.4. The summed E-state index contributed by atoms with van der Waals surface area (Å²) >= 11 is 0. The summed E-state index contributed by atoms with van der Waals surface area (Å²) in [5.74, 6) is -0.839. The monoisotopic (exact) mass is 418 g/mol. The Morgan fingerprint density at radius 3 is 2.00 bits per heavy atom. The van der Waals surface area contributed by atoms with E-state index in [0.717, 1.165) is 25.7 Å². The van der Waals surface area contributed by atoms with Crippen molar-refractivity contribution >= 4 is 11.9 Å². The average Bonchev–Trinajstić information content (AvgIpc) is 3.11. The maximum atomic E-state index is 13.4. The molecule has 0 saturated heterocycles. The second-order valence-electron chi connectivity index (χ2n) is 9.39. The third-order valence-electron chi connectivity index (χ3n) is 6.36. The topological polar surface area (TPSA) is 104 Å². The van der Waals surface area contributed by atoms with Gasteiger partial charge in [-0.2, -0.15) is 0 Å². The molecule has 6 heteroatoms. The Kier molecular flexibility index (Phi) is 6.84. The molecule has 1 aliphatic carbocycles. The van der Waals surface area contributed by atoms with Crippen molar-refractivity contribution in [2.45, 2.75) is 84.3 Å². The molecule has 1 heterocycles. The van der Waals surface area contributed by atoms with E-state index in [1.165, 1.54) is 23.3 Å². The zero-order valence-electron chi connectivity index (χ0n) is 18.6. The molecule has 0 bridgehead atoms. The minimum absolute atomic E-state index is 0. The van der Waals surface area contributed by atoms with E-state index in [-0.39, 0.29) is 28.2 Å². The molecular weight excluding hydrogens is 384 g/mol. The highest BCUT2D eigenvalue weighted by Crippen LogP contribution is 2.58. The Bertz CT molecular complexity index is 806. The van der Waals surface area contributed by atoms with Crippen LogP contribution in [0.4, 0.5) is 0 Å². The third kappa shape index (κ3) is 4.44.